The van der Waals surface area contributed by atoms with Crippen LogP contribution in [0.1, 0.15) is 40.0 Å². The van der Waals surface area contributed by atoms with Gasteiger partial charge in [-0.2, -0.15) is 0 Å². The maximum Gasteiger partial charge on any atom is 0.326 e. The zero-order valence-electron chi connectivity index (χ0n) is 11.5. The average molecular weight is 256 g/mol. The smallest absolute Gasteiger partial charge is 0.326 e. The standard InChI is InChI=1S/C13H24N2O3/c1-9(2)14-7-4-5-11(16)15-8-6-10(3)12(15)13(17)18/h9-10,12,14H,4-8H2,1-3H3,(H,17,18). The fraction of sp³-hybridized carbons (Fsp3) is 0.846. The van der Waals surface area contributed by atoms with E-state index in [4.69, 9.17) is 5.11 Å². The van der Waals surface area contributed by atoms with Gasteiger partial charge in [-0.1, -0.05) is 20.8 Å². The van der Waals surface area contributed by atoms with E-state index in [-0.39, 0.29) is 11.8 Å². The molecule has 104 valence electrons. The van der Waals surface area contributed by atoms with Crippen LogP contribution in [0.3, 0.4) is 0 Å². The van der Waals surface area contributed by atoms with Gasteiger partial charge < -0.3 is 15.3 Å². The van der Waals surface area contributed by atoms with Crippen LogP contribution in [-0.2, 0) is 9.59 Å². The van der Waals surface area contributed by atoms with E-state index >= 15 is 0 Å². The summed E-state index contributed by atoms with van der Waals surface area (Å²) < 4.78 is 0. The minimum absolute atomic E-state index is 0.0303. The van der Waals surface area contributed by atoms with Crippen molar-refractivity contribution in [2.75, 3.05) is 13.1 Å². The molecule has 1 fully saturated rings. The molecule has 5 heteroatoms. The van der Waals surface area contributed by atoms with Gasteiger partial charge in [-0.25, -0.2) is 4.79 Å². The molecule has 1 saturated heterocycles. The molecule has 1 heterocycles. The fourth-order valence-corrected chi connectivity index (χ4v) is 2.38. The van der Waals surface area contributed by atoms with Crippen LogP contribution in [0.4, 0.5) is 0 Å². The van der Waals surface area contributed by atoms with Gasteiger partial charge >= 0.3 is 5.97 Å². The summed E-state index contributed by atoms with van der Waals surface area (Å²) in [6.07, 6.45) is 1.97. The van der Waals surface area contributed by atoms with Crippen molar-refractivity contribution >= 4 is 11.9 Å². The highest BCUT2D eigenvalue weighted by molar-refractivity contribution is 5.84. The fourth-order valence-electron chi connectivity index (χ4n) is 2.38. The van der Waals surface area contributed by atoms with Crippen molar-refractivity contribution < 1.29 is 14.7 Å². The Morgan fingerprint density at radius 1 is 1.44 bits per heavy atom. The van der Waals surface area contributed by atoms with E-state index in [1.165, 1.54) is 4.90 Å². The first-order valence-electron chi connectivity index (χ1n) is 6.69. The van der Waals surface area contributed by atoms with Crippen LogP contribution < -0.4 is 5.32 Å². The number of likely N-dealkylation sites (tertiary alicyclic amines) is 1. The minimum atomic E-state index is -0.881. The number of nitrogens with zero attached hydrogens (tertiary/aromatic N) is 1. The van der Waals surface area contributed by atoms with Gasteiger partial charge in [0.05, 0.1) is 0 Å². The summed E-state index contributed by atoms with van der Waals surface area (Å²) in [4.78, 5) is 24.7. The Kier molecular flexibility index (Phi) is 5.59. The molecule has 1 amide bonds. The number of hydrogen-bond donors (Lipinski definition) is 2. The Morgan fingerprint density at radius 3 is 2.67 bits per heavy atom. The van der Waals surface area contributed by atoms with Gasteiger partial charge in [0, 0.05) is 19.0 Å². The van der Waals surface area contributed by atoms with Crippen LogP contribution in [0.5, 0.6) is 0 Å². The molecule has 5 nitrogen and oxygen atoms in total. The summed E-state index contributed by atoms with van der Waals surface area (Å²) >= 11 is 0. The zero-order chi connectivity index (χ0) is 13.7. The number of nitrogens with one attached hydrogen (secondary N) is 1. The number of carboxylic acid groups (broad SMARTS) is 1. The minimum Gasteiger partial charge on any atom is -0.480 e. The number of rotatable bonds is 6. The van der Waals surface area contributed by atoms with E-state index in [0.717, 1.165) is 19.4 Å². The Bertz CT molecular complexity index is 305. The highest BCUT2D eigenvalue weighted by Gasteiger charge is 2.38. The molecule has 0 bridgehead atoms. The molecule has 1 rings (SSSR count). The van der Waals surface area contributed by atoms with E-state index < -0.39 is 12.0 Å². The second-order valence-corrected chi connectivity index (χ2v) is 5.35. The summed E-state index contributed by atoms with van der Waals surface area (Å²) in [5.41, 5.74) is 0. The SMILES string of the molecule is CC(C)NCCCC(=O)N1CCC(C)C1C(=O)O. The summed E-state index contributed by atoms with van der Waals surface area (Å²) in [6, 6.07) is -0.214. The maximum atomic E-state index is 12.0. The van der Waals surface area contributed by atoms with Gasteiger partial charge in [-0.15, -0.1) is 0 Å². The van der Waals surface area contributed by atoms with Crippen LogP contribution >= 0.6 is 0 Å². The number of aliphatic carboxylic acids is 1. The second kappa shape index (κ2) is 6.73. The molecule has 0 aromatic heterocycles. The largest absolute Gasteiger partial charge is 0.480 e. The number of carbonyl (C=O) groups excluding carboxylic acids is 1. The summed E-state index contributed by atoms with van der Waals surface area (Å²) in [5, 5.41) is 12.4. The van der Waals surface area contributed by atoms with E-state index in [0.29, 0.717) is 19.0 Å². The summed E-state index contributed by atoms with van der Waals surface area (Å²) in [6.45, 7) is 7.39. The number of amides is 1. The van der Waals surface area contributed by atoms with Crippen molar-refractivity contribution in [3.8, 4) is 0 Å². The molecule has 2 N–H and O–H groups in total. The average Bonchev–Trinajstić information content (AvgIpc) is 2.66. The molecule has 2 unspecified atom stereocenters. The van der Waals surface area contributed by atoms with Crippen LogP contribution in [0.2, 0.25) is 0 Å². The van der Waals surface area contributed by atoms with Crippen molar-refractivity contribution in [1.29, 1.82) is 0 Å². The van der Waals surface area contributed by atoms with Crippen LogP contribution in [-0.4, -0.2) is 47.1 Å². The zero-order valence-corrected chi connectivity index (χ0v) is 11.5. The van der Waals surface area contributed by atoms with Gasteiger partial charge in [-0.05, 0) is 25.3 Å². The Balaban J connectivity index is 2.39. The topological polar surface area (TPSA) is 69.6 Å². The van der Waals surface area contributed by atoms with Crippen molar-refractivity contribution in [2.45, 2.75) is 52.1 Å². The van der Waals surface area contributed by atoms with Gasteiger partial charge in [-0.3, -0.25) is 4.79 Å². The molecule has 0 radical (unpaired) electrons. The summed E-state index contributed by atoms with van der Waals surface area (Å²) in [7, 11) is 0. The number of hydrogen-bond acceptors (Lipinski definition) is 3. The third-order valence-corrected chi connectivity index (χ3v) is 3.39. The Hall–Kier alpha value is -1.10. The van der Waals surface area contributed by atoms with Crippen LogP contribution in [0.25, 0.3) is 0 Å². The predicted molar refractivity (Wildman–Crippen MR) is 69.3 cm³/mol. The van der Waals surface area contributed by atoms with Crippen LogP contribution in [0, 0.1) is 5.92 Å². The first-order chi connectivity index (χ1) is 8.43. The third-order valence-electron chi connectivity index (χ3n) is 3.39. The molecule has 1 aliphatic heterocycles. The van der Waals surface area contributed by atoms with E-state index in [9.17, 15) is 9.59 Å². The monoisotopic (exact) mass is 256 g/mol. The van der Waals surface area contributed by atoms with Crippen molar-refractivity contribution in [2.24, 2.45) is 5.92 Å². The van der Waals surface area contributed by atoms with Crippen molar-refractivity contribution in [1.82, 2.24) is 10.2 Å². The molecule has 0 aliphatic carbocycles. The highest BCUT2D eigenvalue weighted by Crippen LogP contribution is 2.24. The summed E-state index contributed by atoms with van der Waals surface area (Å²) in [5.74, 6) is -0.855. The maximum absolute atomic E-state index is 12.0. The normalized spacial score (nSPS) is 23.7. The first-order valence-corrected chi connectivity index (χ1v) is 6.69. The van der Waals surface area contributed by atoms with Crippen LogP contribution in [0.15, 0.2) is 0 Å². The quantitative estimate of drug-likeness (QED) is 0.698. The molecular formula is C13H24N2O3. The van der Waals surface area contributed by atoms with Gasteiger partial charge in [0.2, 0.25) is 5.91 Å². The van der Waals surface area contributed by atoms with Crippen molar-refractivity contribution in [3.05, 3.63) is 0 Å². The molecule has 2 atom stereocenters. The number of carboxylic acids is 1. The van der Waals surface area contributed by atoms with Gasteiger partial charge in [0.1, 0.15) is 6.04 Å². The molecule has 18 heavy (non-hydrogen) atoms. The molecule has 0 saturated carbocycles. The lowest BCUT2D eigenvalue weighted by atomic mass is 10.0. The van der Waals surface area contributed by atoms with E-state index in [2.05, 4.69) is 19.2 Å². The third kappa shape index (κ3) is 3.98. The Morgan fingerprint density at radius 2 is 2.11 bits per heavy atom. The Labute approximate surface area is 109 Å². The lowest BCUT2D eigenvalue weighted by molar-refractivity contribution is -0.149. The van der Waals surface area contributed by atoms with Gasteiger partial charge in [0.15, 0.2) is 0 Å². The van der Waals surface area contributed by atoms with E-state index in [1.807, 2.05) is 6.92 Å². The van der Waals surface area contributed by atoms with E-state index in [1.54, 1.807) is 0 Å². The number of carbonyl (C=O) groups is 2. The van der Waals surface area contributed by atoms with Gasteiger partial charge in [0.25, 0.3) is 0 Å². The lowest BCUT2D eigenvalue weighted by Gasteiger charge is -2.23. The molecule has 0 aromatic rings. The molecule has 1 aliphatic rings. The highest BCUT2D eigenvalue weighted by atomic mass is 16.4. The van der Waals surface area contributed by atoms with Crippen molar-refractivity contribution in [3.63, 3.8) is 0 Å². The molecule has 0 spiro atoms. The lowest BCUT2D eigenvalue weighted by Crippen LogP contribution is -2.42. The first kappa shape index (κ1) is 15.0. The molecular weight excluding hydrogens is 232 g/mol. The second-order valence-electron chi connectivity index (χ2n) is 5.35. The molecule has 0 aromatic carbocycles. The predicted octanol–water partition coefficient (Wildman–Crippen LogP) is 1.09.